The van der Waals surface area contributed by atoms with E-state index < -0.39 is 6.04 Å². The van der Waals surface area contributed by atoms with Gasteiger partial charge >= 0.3 is 5.97 Å². The van der Waals surface area contributed by atoms with Crippen molar-refractivity contribution in [2.24, 2.45) is 0 Å². The van der Waals surface area contributed by atoms with Gasteiger partial charge in [-0.2, -0.15) is 0 Å². The van der Waals surface area contributed by atoms with Gasteiger partial charge in [0.1, 0.15) is 6.17 Å². The first kappa shape index (κ1) is 16.0. The average molecular weight is 336 g/mol. The maximum atomic E-state index is 12.9. The molecule has 0 saturated carbocycles. The highest BCUT2D eigenvalue weighted by Crippen LogP contribution is 2.45. The normalized spacial score (nSPS) is 21.7. The number of fused-ring (bicyclic) bond motifs is 3. The van der Waals surface area contributed by atoms with Crippen LogP contribution in [0.1, 0.15) is 36.9 Å². The Morgan fingerprint density at radius 1 is 1.16 bits per heavy atom. The van der Waals surface area contributed by atoms with Crippen molar-refractivity contribution in [2.45, 2.75) is 38.9 Å². The highest BCUT2D eigenvalue weighted by molar-refractivity contribution is 5.86. The van der Waals surface area contributed by atoms with E-state index in [4.69, 9.17) is 4.74 Å². The summed E-state index contributed by atoms with van der Waals surface area (Å²) in [6, 6.07) is 16.3. The molecule has 130 valence electrons. The Morgan fingerprint density at radius 2 is 1.92 bits per heavy atom. The number of esters is 1. The lowest BCUT2D eigenvalue weighted by Gasteiger charge is -2.47. The van der Waals surface area contributed by atoms with Gasteiger partial charge in [0, 0.05) is 23.5 Å². The largest absolute Gasteiger partial charge is 0.464 e. The first-order chi connectivity index (χ1) is 12.2. The Hall–Kier alpha value is -2.49. The van der Waals surface area contributed by atoms with E-state index in [9.17, 15) is 4.79 Å². The summed E-state index contributed by atoms with van der Waals surface area (Å²) in [7, 11) is 0. The van der Waals surface area contributed by atoms with Gasteiger partial charge in [-0.1, -0.05) is 35.9 Å². The lowest BCUT2D eigenvalue weighted by molar-refractivity contribution is -0.145. The third-order valence-electron chi connectivity index (χ3n) is 5.20. The Bertz CT molecular complexity index is 772. The van der Waals surface area contributed by atoms with Gasteiger partial charge in [0.15, 0.2) is 6.04 Å². The van der Waals surface area contributed by atoms with E-state index in [1.54, 1.807) is 0 Å². The summed E-state index contributed by atoms with van der Waals surface area (Å²) in [5, 5.41) is 0. The zero-order chi connectivity index (χ0) is 17.4. The first-order valence-corrected chi connectivity index (χ1v) is 9.08. The molecule has 1 fully saturated rings. The summed E-state index contributed by atoms with van der Waals surface area (Å²) in [4.78, 5) is 17.6. The van der Waals surface area contributed by atoms with Crippen molar-refractivity contribution in [3.63, 3.8) is 0 Å². The number of nitrogens with zero attached hydrogens (tertiary/aromatic N) is 2. The van der Waals surface area contributed by atoms with Gasteiger partial charge in [-0.15, -0.1) is 0 Å². The summed E-state index contributed by atoms with van der Waals surface area (Å²) in [6.07, 6.45) is 2.39. The zero-order valence-electron chi connectivity index (χ0n) is 14.8. The molecule has 0 amide bonds. The van der Waals surface area contributed by atoms with E-state index in [1.165, 1.54) is 11.3 Å². The number of rotatable bonds is 3. The van der Waals surface area contributed by atoms with E-state index in [2.05, 4.69) is 59.2 Å². The van der Waals surface area contributed by atoms with Crippen molar-refractivity contribution in [3.8, 4) is 0 Å². The summed E-state index contributed by atoms with van der Waals surface area (Å²) < 4.78 is 5.46. The van der Waals surface area contributed by atoms with Gasteiger partial charge in [-0.3, -0.25) is 0 Å². The van der Waals surface area contributed by atoms with Crippen LogP contribution in [0.15, 0.2) is 48.5 Å². The maximum Gasteiger partial charge on any atom is 0.333 e. The summed E-state index contributed by atoms with van der Waals surface area (Å²) in [6.45, 7) is 5.37. The monoisotopic (exact) mass is 336 g/mol. The zero-order valence-corrected chi connectivity index (χ0v) is 14.8. The summed E-state index contributed by atoms with van der Waals surface area (Å²) in [5.74, 6) is -0.165. The van der Waals surface area contributed by atoms with Crippen LogP contribution in [0.2, 0.25) is 0 Å². The highest BCUT2D eigenvalue weighted by Gasteiger charge is 2.44. The molecule has 0 spiro atoms. The van der Waals surface area contributed by atoms with Crippen LogP contribution < -0.4 is 9.80 Å². The molecule has 2 aliphatic heterocycles. The van der Waals surface area contributed by atoms with Gasteiger partial charge in [0.05, 0.1) is 6.61 Å². The predicted octanol–water partition coefficient (Wildman–Crippen LogP) is 4.05. The van der Waals surface area contributed by atoms with E-state index in [0.29, 0.717) is 6.61 Å². The van der Waals surface area contributed by atoms with Gasteiger partial charge in [0.25, 0.3) is 0 Å². The fourth-order valence-electron chi connectivity index (χ4n) is 4.12. The minimum atomic E-state index is -0.391. The molecule has 1 saturated heterocycles. The number of aryl methyl sites for hydroxylation is 1. The number of hydrogen-bond acceptors (Lipinski definition) is 4. The Morgan fingerprint density at radius 3 is 2.68 bits per heavy atom. The second kappa shape index (κ2) is 6.43. The van der Waals surface area contributed by atoms with Crippen molar-refractivity contribution < 1.29 is 9.53 Å². The maximum absolute atomic E-state index is 12.9. The van der Waals surface area contributed by atoms with Crippen LogP contribution in [0.4, 0.5) is 11.4 Å². The molecule has 2 aromatic rings. The van der Waals surface area contributed by atoms with Crippen molar-refractivity contribution in [3.05, 3.63) is 59.7 Å². The second-order valence-electron chi connectivity index (χ2n) is 6.77. The topological polar surface area (TPSA) is 32.8 Å². The molecule has 0 N–H and O–H groups in total. The van der Waals surface area contributed by atoms with Crippen molar-refractivity contribution in [2.75, 3.05) is 23.0 Å². The van der Waals surface area contributed by atoms with Crippen LogP contribution >= 0.6 is 0 Å². The third-order valence-corrected chi connectivity index (χ3v) is 5.20. The van der Waals surface area contributed by atoms with Crippen molar-refractivity contribution >= 4 is 17.3 Å². The molecule has 0 radical (unpaired) electrons. The molecule has 0 unspecified atom stereocenters. The number of carbonyl (C=O) groups is 1. The third kappa shape index (κ3) is 2.66. The van der Waals surface area contributed by atoms with Crippen LogP contribution in [0.25, 0.3) is 0 Å². The fraction of sp³-hybridized carbons (Fsp3) is 0.381. The molecule has 25 heavy (non-hydrogen) atoms. The summed E-state index contributed by atoms with van der Waals surface area (Å²) in [5.41, 5.74) is 4.51. The number of para-hydroxylation sites is 1. The van der Waals surface area contributed by atoms with Crippen LogP contribution in [0.5, 0.6) is 0 Å². The van der Waals surface area contributed by atoms with E-state index in [1.807, 2.05) is 13.0 Å². The lowest BCUT2D eigenvalue weighted by Crippen LogP contribution is -2.53. The van der Waals surface area contributed by atoms with E-state index >= 15 is 0 Å². The molecule has 0 aliphatic carbocycles. The SMILES string of the molecule is CCOC(=O)[C@@H]1c2ccccc2N2CCC[C@H]2N1c1ccc(C)cc1. The second-order valence-corrected chi connectivity index (χ2v) is 6.77. The van der Waals surface area contributed by atoms with E-state index in [0.717, 1.165) is 30.6 Å². The molecule has 0 aromatic heterocycles. The molecular weight excluding hydrogens is 312 g/mol. The number of benzene rings is 2. The van der Waals surface area contributed by atoms with Crippen molar-refractivity contribution in [1.29, 1.82) is 0 Å². The predicted molar refractivity (Wildman–Crippen MR) is 99.8 cm³/mol. The number of anilines is 2. The Balaban J connectivity index is 1.86. The number of hydrogen-bond donors (Lipinski definition) is 0. The molecular formula is C21H24N2O2. The smallest absolute Gasteiger partial charge is 0.333 e. The van der Waals surface area contributed by atoms with Gasteiger partial charge in [-0.25, -0.2) is 4.79 Å². The molecule has 4 rings (SSSR count). The van der Waals surface area contributed by atoms with Crippen molar-refractivity contribution in [1.82, 2.24) is 0 Å². The molecule has 4 heteroatoms. The quantitative estimate of drug-likeness (QED) is 0.792. The standard InChI is InChI=1S/C21H24N2O2/c1-3-25-21(24)20-17-7-4-5-8-18(17)22-14-6-9-19(22)23(20)16-12-10-15(2)11-13-16/h4-5,7-8,10-13,19-20H,3,6,9,14H2,1-2H3/t19-,20+/m1/s1. The summed E-state index contributed by atoms with van der Waals surface area (Å²) >= 11 is 0. The molecule has 2 atom stereocenters. The molecule has 0 bridgehead atoms. The minimum Gasteiger partial charge on any atom is -0.464 e. The number of carbonyl (C=O) groups excluding carboxylic acids is 1. The van der Waals surface area contributed by atoms with Gasteiger partial charge < -0.3 is 14.5 Å². The number of ether oxygens (including phenoxy) is 1. The molecule has 4 nitrogen and oxygen atoms in total. The Labute approximate surface area is 149 Å². The Kier molecular flexibility index (Phi) is 4.12. The van der Waals surface area contributed by atoms with Crippen LogP contribution in [0.3, 0.4) is 0 Å². The van der Waals surface area contributed by atoms with Gasteiger partial charge in [-0.05, 0) is 44.9 Å². The molecule has 2 heterocycles. The fourth-order valence-corrected chi connectivity index (χ4v) is 4.12. The van der Waals surface area contributed by atoms with Gasteiger partial charge in [0.2, 0.25) is 0 Å². The van der Waals surface area contributed by atoms with Crippen LogP contribution in [0, 0.1) is 6.92 Å². The highest BCUT2D eigenvalue weighted by atomic mass is 16.5. The van der Waals surface area contributed by atoms with E-state index in [-0.39, 0.29) is 12.1 Å². The van der Waals surface area contributed by atoms with Crippen LogP contribution in [-0.4, -0.2) is 25.3 Å². The lowest BCUT2D eigenvalue weighted by atomic mass is 9.97. The molecule has 2 aliphatic rings. The van der Waals surface area contributed by atoms with Crippen LogP contribution in [-0.2, 0) is 9.53 Å². The molecule has 2 aromatic carbocycles. The minimum absolute atomic E-state index is 0.165. The average Bonchev–Trinajstić information content (AvgIpc) is 3.11. The first-order valence-electron chi connectivity index (χ1n) is 9.08.